The molecule has 7 nitrogen and oxygen atoms in total. The lowest BCUT2D eigenvalue weighted by Crippen LogP contribution is -2.41. The van der Waals surface area contributed by atoms with Crippen molar-refractivity contribution in [3.05, 3.63) is 48.4 Å². The normalized spacial score (nSPS) is 15.0. The monoisotopic (exact) mass is 327 g/mol. The van der Waals surface area contributed by atoms with E-state index in [9.17, 15) is 4.79 Å². The minimum Gasteiger partial charge on any atom is -0.379 e. The lowest BCUT2D eigenvalue weighted by molar-refractivity contribution is 0.0383. The molecule has 0 saturated carbocycles. The van der Waals surface area contributed by atoms with Crippen molar-refractivity contribution >= 4 is 17.4 Å². The van der Waals surface area contributed by atoms with E-state index < -0.39 is 0 Å². The van der Waals surface area contributed by atoms with E-state index in [4.69, 9.17) is 4.74 Å². The minimum atomic E-state index is -0.193. The van der Waals surface area contributed by atoms with Gasteiger partial charge in [0, 0.05) is 37.9 Å². The van der Waals surface area contributed by atoms with Crippen LogP contribution in [0.3, 0.4) is 0 Å². The number of para-hydroxylation sites is 1. The Morgan fingerprint density at radius 2 is 1.96 bits per heavy atom. The molecule has 0 aliphatic carbocycles. The zero-order valence-electron chi connectivity index (χ0n) is 13.4. The van der Waals surface area contributed by atoms with E-state index in [0.717, 1.165) is 38.5 Å². The Labute approximate surface area is 141 Å². The molecule has 1 aromatic carbocycles. The summed E-state index contributed by atoms with van der Waals surface area (Å²) in [7, 11) is 0. The number of aromatic nitrogens is 2. The first-order valence-electron chi connectivity index (χ1n) is 8.04. The number of hydrogen-bond donors (Lipinski definition) is 2. The highest BCUT2D eigenvalue weighted by atomic mass is 16.5. The van der Waals surface area contributed by atoms with Crippen LogP contribution in [0.15, 0.2) is 42.7 Å². The number of amides is 1. The number of rotatable bonds is 6. The van der Waals surface area contributed by atoms with Crippen molar-refractivity contribution in [1.29, 1.82) is 0 Å². The van der Waals surface area contributed by atoms with Gasteiger partial charge in [0.15, 0.2) is 0 Å². The molecular weight excluding hydrogens is 306 g/mol. The molecule has 0 bridgehead atoms. The molecule has 1 amide bonds. The van der Waals surface area contributed by atoms with Crippen molar-refractivity contribution in [3.8, 4) is 0 Å². The van der Waals surface area contributed by atoms with Gasteiger partial charge < -0.3 is 15.4 Å². The van der Waals surface area contributed by atoms with Gasteiger partial charge in [0.05, 0.1) is 13.2 Å². The topological polar surface area (TPSA) is 79.4 Å². The molecule has 24 heavy (non-hydrogen) atoms. The number of hydrogen-bond acceptors (Lipinski definition) is 6. The van der Waals surface area contributed by atoms with Crippen LogP contribution in [0.5, 0.6) is 0 Å². The average Bonchev–Trinajstić information content (AvgIpc) is 2.64. The lowest BCUT2D eigenvalue weighted by atomic mass is 10.3. The zero-order valence-corrected chi connectivity index (χ0v) is 13.4. The van der Waals surface area contributed by atoms with Crippen molar-refractivity contribution in [2.75, 3.05) is 44.7 Å². The molecule has 126 valence electrons. The van der Waals surface area contributed by atoms with E-state index in [1.165, 1.54) is 6.33 Å². The van der Waals surface area contributed by atoms with Crippen molar-refractivity contribution in [3.63, 3.8) is 0 Å². The molecule has 1 saturated heterocycles. The second kappa shape index (κ2) is 8.37. The van der Waals surface area contributed by atoms with Crippen molar-refractivity contribution in [2.24, 2.45) is 0 Å². The van der Waals surface area contributed by atoms with Crippen LogP contribution in [0.4, 0.5) is 11.5 Å². The van der Waals surface area contributed by atoms with Crippen LogP contribution < -0.4 is 10.6 Å². The summed E-state index contributed by atoms with van der Waals surface area (Å²) in [5.41, 5.74) is 1.26. The van der Waals surface area contributed by atoms with E-state index in [1.807, 2.05) is 30.3 Å². The van der Waals surface area contributed by atoms with Gasteiger partial charge in [-0.1, -0.05) is 18.2 Å². The van der Waals surface area contributed by atoms with Crippen molar-refractivity contribution in [1.82, 2.24) is 20.2 Å². The van der Waals surface area contributed by atoms with E-state index in [-0.39, 0.29) is 5.91 Å². The predicted octanol–water partition coefficient (Wildman–Crippen LogP) is 1.28. The maximum absolute atomic E-state index is 12.2. The third-order valence-electron chi connectivity index (χ3n) is 3.76. The Morgan fingerprint density at radius 1 is 1.17 bits per heavy atom. The fourth-order valence-corrected chi connectivity index (χ4v) is 2.46. The molecule has 0 unspecified atom stereocenters. The number of nitrogens with zero attached hydrogens (tertiary/aromatic N) is 3. The van der Waals surface area contributed by atoms with E-state index in [0.29, 0.717) is 18.1 Å². The average molecular weight is 327 g/mol. The van der Waals surface area contributed by atoms with Crippen molar-refractivity contribution < 1.29 is 9.53 Å². The van der Waals surface area contributed by atoms with Crippen LogP contribution in [-0.2, 0) is 4.74 Å². The molecule has 2 N–H and O–H groups in total. The number of carbonyl (C=O) groups excluding carboxylic acids is 1. The molecular formula is C17H21N5O2. The summed E-state index contributed by atoms with van der Waals surface area (Å²) >= 11 is 0. The largest absolute Gasteiger partial charge is 0.379 e. The van der Waals surface area contributed by atoms with Gasteiger partial charge >= 0.3 is 0 Å². The van der Waals surface area contributed by atoms with E-state index >= 15 is 0 Å². The summed E-state index contributed by atoms with van der Waals surface area (Å²) < 4.78 is 5.31. The van der Waals surface area contributed by atoms with Gasteiger partial charge in [0.2, 0.25) is 0 Å². The Hall–Kier alpha value is -2.51. The SMILES string of the molecule is O=C(NCCN1CCOCC1)c1cc(Nc2ccccc2)ncn1. The molecule has 1 aliphatic rings. The highest BCUT2D eigenvalue weighted by molar-refractivity contribution is 5.92. The number of benzene rings is 1. The number of carbonyl (C=O) groups is 1. The smallest absolute Gasteiger partial charge is 0.270 e. The standard InChI is InChI=1S/C17H21N5O2/c23-17(18-6-7-22-8-10-24-11-9-22)15-12-16(20-13-19-15)21-14-4-2-1-3-5-14/h1-5,12-13H,6-11H2,(H,18,23)(H,19,20,21). The Morgan fingerprint density at radius 3 is 2.75 bits per heavy atom. The van der Waals surface area contributed by atoms with Gasteiger partial charge in [0.1, 0.15) is 17.8 Å². The number of ether oxygens (including phenoxy) is 1. The molecule has 0 spiro atoms. The fraction of sp³-hybridized carbons (Fsp3) is 0.353. The summed E-state index contributed by atoms with van der Waals surface area (Å²) in [6.45, 7) is 4.74. The number of nitrogens with one attached hydrogen (secondary N) is 2. The van der Waals surface area contributed by atoms with Crippen LogP contribution in [-0.4, -0.2) is 60.2 Å². The number of morpholine rings is 1. The maximum atomic E-state index is 12.2. The first kappa shape index (κ1) is 16.4. The van der Waals surface area contributed by atoms with Gasteiger partial charge in [-0.2, -0.15) is 0 Å². The summed E-state index contributed by atoms with van der Waals surface area (Å²) in [5.74, 6) is 0.399. The van der Waals surface area contributed by atoms with Gasteiger partial charge in [-0.15, -0.1) is 0 Å². The Bertz CT molecular complexity index is 659. The second-order valence-electron chi connectivity index (χ2n) is 5.49. The first-order chi connectivity index (χ1) is 11.8. The Balaban J connectivity index is 1.52. The maximum Gasteiger partial charge on any atom is 0.270 e. The van der Waals surface area contributed by atoms with E-state index in [1.54, 1.807) is 6.07 Å². The minimum absolute atomic E-state index is 0.193. The molecule has 2 heterocycles. The van der Waals surface area contributed by atoms with Crippen LogP contribution in [0.25, 0.3) is 0 Å². The predicted molar refractivity (Wildman–Crippen MR) is 91.3 cm³/mol. The van der Waals surface area contributed by atoms with Gasteiger partial charge in [0.25, 0.3) is 5.91 Å². The third-order valence-corrected chi connectivity index (χ3v) is 3.76. The van der Waals surface area contributed by atoms with Crippen LogP contribution in [0.1, 0.15) is 10.5 Å². The lowest BCUT2D eigenvalue weighted by Gasteiger charge is -2.26. The molecule has 7 heteroatoms. The summed E-state index contributed by atoms with van der Waals surface area (Å²) in [5, 5.41) is 6.05. The van der Waals surface area contributed by atoms with Crippen molar-refractivity contribution in [2.45, 2.75) is 0 Å². The second-order valence-corrected chi connectivity index (χ2v) is 5.49. The molecule has 1 aromatic heterocycles. The third kappa shape index (κ3) is 4.74. The van der Waals surface area contributed by atoms with Crippen LogP contribution >= 0.6 is 0 Å². The summed E-state index contributed by atoms with van der Waals surface area (Å²) in [6.07, 6.45) is 1.39. The number of anilines is 2. The molecule has 2 aromatic rings. The first-order valence-corrected chi connectivity index (χ1v) is 8.04. The van der Waals surface area contributed by atoms with Gasteiger partial charge in [-0.05, 0) is 12.1 Å². The van der Waals surface area contributed by atoms with Crippen LogP contribution in [0, 0.1) is 0 Å². The van der Waals surface area contributed by atoms with Gasteiger partial charge in [-0.3, -0.25) is 9.69 Å². The molecule has 0 radical (unpaired) electrons. The molecule has 1 fully saturated rings. The quantitative estimate of drug-likeness (QED) is 0.832. The van der Waals surface area contributed by atoms with Gasteiger partial charge in [-0.25, -0.2) is 9.97 Å². The van der Waals surface area contributed by atoms with E-state index in [2.05, 4.69) is 25.5 Å². The molecule has 3 rings (SSSR count). The zero-order chi connectivity index (χ0) is 16.6. The highest BCUT2D eigenvalue weighted by Crippen LogP contribution is 2.13. The summed E-state index contributed by atoms with van der Waals surface area (Å²) in [6, 6.07) is 11.3. The van der Waals surface area contributed by atoms with Crippen LogP contribution in [0.2, 0.25) is 0 Å². The highest BCUT2D eigenvalue weighted by Gasteiger charge is 2.12. The summed E-state index contributed by atoms with van der Waals surface area (Å²) in [4.78, 5) is 22.7. The fourth-order valence-electron chi connectivity index (χ4n) is 2.46. The Kier molecular flexibility index (Phi) is 5.70. The molecule has 1 aliphatic heterocycles. The molecule has 0 atom stereocenters.